The highest BCUT2D eigenvalue weighted by molar-refractivity contribution is 5.88. The second-order valence-corrected chi connectivity index (χ2v) is 4.23. The number of ether oxygens (including phenoxy) is 1. The Kier molecular flexibility index (Phi) is 3.84. The van der Waals surface area contributed by atoms with E-state index in [2.05, 4.69) is 9.97 Å². The predicted molar refractivity (Wildman–Crippen MR) is 74.8 cm³/mol. The Labute approximate surface area is 116 Å². The van der Waals surface area contributed by atoms with E-state index in [4.69, 9.17) is 9.84 Å². The highest BCUT2D eigenvalue weighted by atomic mass is 16.5. The second kappa shape index (κ2) is 5.56. The number of benzene rings is 1. The minimum Gasteiger partial charge on any atom is -0.481 e. The summed E-state index contributed by atoms with van der Waals surface area (Å²) in [6.45, 7) is 1.79. The Balaban J connectivity index is 2.32. The molecule has 0 bridgehead atoms. The Hall–Kier alpha value is -2.63. The standard InChI is InChI=1S/C14H15N3O3/c1-9-15-12(8-13(16-9)20-3)17(2)11-6-4-10(5-7-11)14(18)19/h4-8H,1-3H3,(H,18,19). The molecule has 0 radical (unpaired) electrons. The normalized spacial score (nSPS) is 10.2. The smallest absolute Gasteiger partial charge is 0.335 e. The van der Waals surface area contributed by atoms with Gasteiger partial charge in [0, 0.05) is 18.8 Å². The first-order valence-corrected chi connectivity index (χ1v) is 5.98. The highest BCUT2D eigenvalue weighted by Gasteiger charge is 2.10. The average Bonchev–Trinajstić information content (AvgIpc) is 2.45. The van der Waals surface area contributed by atoms with Crippen molar-refractivity contribution in [1.29, 1.82) is 0 Å². The van der Waals surface area contributed by atoms with Crippen LogP contribution in [0, 0.1) is 6.92 Å². The topological polar surface area (TPSA) is 75.5 Å². The van der Waals surface area contributed by atoms with Gasteiger partial charge in [0.2, 0.25) is 5.88 Å². The van der Waals surface area contributed by atoms with Gasteiger partial charge in [-0.25, -0.2) is 9.78 Å². The molecule has 0 spiro atoms. The van der Waals surface area contributed by atoms with E-state index < -0.39 is 5.97 Å². The fourth-order valence-electron chi connectivity index (χ4n) is 1.76. The molecule has 0 amide bonds. The number of rotatable bonds is 4. The lowest BCUT2D eigenvalue weighted by molar-refractivity contribution is 0.0697. The van der Waals surface area contributed by atoms with Crippen molar-refractivity contribution in [2.75, 3.05) is 19.1 Å². The largest absolute Gasteiger partial charge is 0.481 e. The Morgan fingerprint density at radius 2 is 1.90 bits per heavy atom. The van der Waals surface area contributed by atoms with Gasteiger partial charge in [-0.2, -0.15) is 4.98 Å². The van der Waals surface area contributed by atoms with Crippen LogP contribution in [0.4, 0.5) is 11.5 Å². The van der Waals surface area contributed by atoms with Gasteiger partial charge in [-0.3, -0.25) is 0 Å². The Morgan fingerprint density at radius 3 is 2.45 bits per heavy atom. The van der Waals surface area contributed by atoms with Crippen molar-refractivity contribution in [3.8, 4) is 5.88 Å². The van der Waals surface area contributed by atoms with Gasteiger partial charge in [-0.15, -0.1) is 0 Å². The molecule has 6 nitrogen and oxygen atoms in total. The number of hydrogen-bond acceptors (Lipinski definition) is 5. The van der Waals surface area contributed by atoms with Gasteiger partial charge in [0.25, 0.3) is 0 Å². The predicted octanol–water partition coefficient (Wildman–Crippen LogP) is 2.26. The molecule has 0 aliphatic rings. The van der Waals surface area contributed by atoms with E-state index in [1.807, 2.05) is 11.9 Å². The van der Waals surface area contributed by atoms with E-state index in [-0.39, 0.29) is 5.56 Å². The van der Waals surface area contributed by atoms with Gasteiger partial charge in [-0.05, 0) is 31.2 Å². The molecule has 0 saturated carbocycles. The van der Waals surface area contributed by atoms with Crippen molar-refractivity contribution >= 4 is 17.5 Å². The van der Waals surface area contributed by atoms with Crippen LogP contribution in [0.25, 0.3) is 0 Å². The summed E-state index contributed by atoms with van der Waals surface area (Å²) < 4.78 is 5.12. The van der Waals surface area contributed by atoms with E-state index in [1.165, 1.54) is 0 Å². The summed E-state index contributed by atoms with van der Waals surface area (Å²) in [6.07, 6.45) is 0. The third-order valence-corrected chi connectivity index (χ3v) is 2.86. The summed E-state index contributed by atoms with van der Waals surface area (Å²) in [7, 11) is 3.39. The first kappa shape index (κ1) is 13.8. The number of anilines is 2. The molecule has 6 heteroatoms. The van der Waals surface area contributed by atoms with Gasteiger partial charge >= 0.3 is 5.97 Å². The zero-order chi connectivity index (χ0) is 14.7. The van der Waals surface area contributed by atoms with Crippen LogP contribution in [-0.2, 0) is 0 Å². The maximum Gasteiger partial charge on any atom is 0.335 e. The van der Waals surface area contributed by atoms with Crippen LogP contribution in [0.1, 0.15) is 16.2 Å². The van der Waals surface area contributed by atoms with Gasteiger partial charge in [0.05, 0.1) is 12.7 Å². The lowest BCUT2D eigenvalue weighted by Crippen LogP contribution is -2.12. The third kappa shape index (κ3) is 2.85. The van der Waals surface area contributed by atoms with Crippen LogP contribution in [0.5, 0.6) is 5.88 Å². The van der Waals surface area contributed by atoms with Crippen molar-refractivity contribution < 1.29 is 14.6 Å². The number of carboxylic acids is 1. The summed E-state index contributed by atoms with van der Waals surface area (Å²) in [5.41, 5.74) is 1.08. The number of carbonyl (C=O) groups is 1. The quantitative estimate of drug-likeness (QED) is 0.920. The molecule has 2 aromatic rings. The molecule has 0 aliphatic heterocycles. The zero-order valence-corrected chi connectivity index (χ0v) is 11.5. The molecule has 104 valence electrons. The molecule has 1 heterocycles. The maximum atomic E-state index is 10.8. The lowest BCUT2D eigenvalue weighted by Gasteiger charge is -2.19. The molecule has 0 fully saturated rings. The van der Waals surface area contributed by atoms with Crippen LogP contribution in [-0.4, -0.2) is 35.2 Å². The van der Waals surface area contributed by atoms with Crippen LogP contribution >= 0.6 is 0 Å². The van der Waals surface area contributed by atoms with E-state index in [9.17, 15) is 4.79 Å². The van der Waals surface area contributed by atoms with Crippen molar-refractivity contribution in [3.05, 3.63) is 41.7 Å². The Morgan fingerprint density at radius 1 is 1.25 bits per heavy atom. The minimum absolute atomic E-state index is 0.249. The molecule has 1 aromatic carbocycles. The van der Waals surface area contributed by atoms with Crippen molar-refractivity contribution in [2.24, 2.45) is 0 Å². The molecule has 20 heavy (non-hydrogen) atoms. The SMILES string of the molecule is COc1cc(N(C)c2ccc(C(=O)O)cc2)nc(C)n1. The minimum atomic E-state index is -0.946. The molecule has 0 saturated heterocycles. The molecule has 2 rings (SSSR count). The van der Waals surface area contributed by atoms with Crippen LogP contribution in [0.15, 0.2) is 30.3 Å². The zero-order valence-electron chi connectivity index (χ0n) is 11.5. The molecular formula is C14H15N3O3. The fraction of sp³-hybridized carbons (Fsp3) is 0.214. The van der Waals surface area contributed by atoms with Crippen molar-refractivity contribution in [1.82, 2.24) is 9.97 Å². The highest BCUT2D eigenvalue weighted by Crippen LogP contribution is 2.24. The lowest BCUT2D eigenvalue weighted by atomic mass is 10.2. The van der Waals surface area contributed by atoms with Gasteiger partial charge in [0.15, 0.2) is 0 Å². The molecule has 1 aromatic heterocycles. The monoisotopic (exact) mass is 273 g/mol. The molecular weight excluding hydrogens is 258 g/mol. The average molecular weight is 273 g/mol. The summed E-state index contributed by atoms with van der Waals surface area (Å²) in [4.78, 5) is 21.1. The molecule has 1 N–H and O–H groups in total. The van der Waals surface area contributed by atoms with Crippen LogP contribution < -0.4 is 9.64 Å². The molecule has 0 atom stereocenters. The van der Waals surface area contributed by atoms with Crippen LogP contribution in [0.2, 0.25) is 0 Å². The number of aromatic carboxylic acids is 1. The number of methoxy groups -OCH3 is 1. The van der Waals surface area contributed by atoms with Gasteiger partial charge < -0.3 is 14.7 Å². The van der Waals surface area contributed by atoms with Crippen molar-refractivity contribution in [3.63, 3.8) is 0 Å². The van der Waals surface area contributed by atoms with Crippen LogP contribution in [0.3, 0.4) is 0 Å². The molecule has 0 aliphatic carbocycles. The number of aromatic nitrogens is 2. The summed E-state index contributed by atoms with van der Waals surface area (Å²) in [5.74, 6) is 0.825. The number of hydrogen-bond donors (Lipinski definition) is 1. The first-order valence-electron chi connectivity index (χ1n) is 5.98. The van der Waals surface area contributed by atoms with E-state index in [0.717, 1.165) is 5.69 Å². The maximum absolute atomic E-state index is 10.8. The summed E-state index contributed by atoms with van der Waals surface area (Å²) in [6, 6.07) is 8.29. The first-order chi connectivity index (χ1) is 9.51. The van der Waals surface area contributed by atoms with E-state index >= 15 is 0 Å². The molecule has 0 unspecified atom stereocenters. The number of nitrogens with zero attached hydrogens (tertiary/aromatic N) is 3. The number of aryl methyl sites for hydroxylation is 1. The van der Waals surface area contributed by atoms with Crippen molar-refractivity contribution in [2.45, 2.75) is 6.92 Å². The Bertz CT molecular complexity index is 626. The summed E-state index contributed by atoms with van der Waals surface area (Å²) in [5, 5.41) is 8.89. The number of carboxylic acid groups (broad SMARTS) is 1. The van der Waals surface area contributed by atoms with Gasteiger partial charge in [-0.1, -0.05) is 0 Å². The fourth-order valence-corrected chi connectivity index (χ4v) is 1.76. The third-order valence-electron chi connectivity index (χ3n) is 2.86. The van der Waals surface area contributed by atoms with Gasteiger partial charge in [0.1, 0.15) is 11.6 Å². The summed E-state index contributed by atoms with van der Waals surface area (Å²) >= 11 is 0. The van der Waals surface area contributed by atoms with E-state index in [0.29, 0.717) is 17.5 Å². The van der Waals surface area contributed by atoms with E-state index in [1.54, 1.807) is 44.4 Å². The second-order valence-electron chi connectivity index (χ2n) is 4.23.